The van der Waals surface area contributed by atoms with E-state index in [1.54, 1.807) is 19.0 Å². The van der Waals surface area contributed by atoms with E-state index >= 15 is 0 Å². The topological polar surface area (TPSA) is 47.9 Å². The molecule has 0 bridgehead atoms. The van der Waals surface area contributed by atoms with Crippen molar-refractivity contribution in [1.82, 2.24) is 15.1 Å². The van der Waals surface area contributed by atoms with Gasteiger partial charge in [-0.05, 0) is 12.5 Å². The highest BCUT2D eigenvalue weighted by Gasteiger charge is 2.07. The summed E-state index contributed by atoms with van der Waals surface area (Å²) in [4.78, 5) is 19.7. The second kappa shape index (κ2) is 11.3. The van der Waals surface area contributed by atoms with Crippen LogP contribution in [0.3, 0.4) is 0 Å². The summed E-state index contributed by atoms with van der Waals surface area (Å²) >= 11 is 0. The standard InChI is InChI=1S/C16H26N4O.HI/c1-5-17-16(18-12-11-15(21)19(2)3)20(4)13-14-9-7-6-8-10-14;/h6-10H,5,11-13H2,1-4H3,(H,17,18);1H. The third-order valence-corrected chi connectivity index (χ3v) is 3.05. The van der Waals surface area contributed by atoms with Gasteiger partial charge in [-0.25, -0.2) is 0 Å². The lowest BCUT2D eigenvalue weighted by Crippen LogP contribution is -2.38. The van der Waals surface area contributed by atoms with Crippen molar-refractivity contribution in [3.63, 3.8) is 0 Å². The van der Waals surface area contributed by atoms with Gasteiger partial charge >= 0.3 is 0 Å². The predicted molar refractivity (Wildman–Crippen MR) is 103 cm³/mol. The van der Waals surface area contributed by atoms with E-state index in [1.807, 2.05) is 32.2 Å². The Morgan fingerprint density at radius 2 is 1.82 bits per heavy atom. The summed E-state index contributed by atoms with van der Waals surface area (Å²) in [6, 6.07) is 10.3. The molecule has 0 atom stereocenters. The molecule has 0 aliphatic carbocycles. The Labute approximate surface area is 150 Å². The molecular weight excluding hydrogens is 391 g/mol. The highest BCUT2D eigenvalue weighted by molar-refractivity contribution is 14.0. The van der Waals surface area contributed by atoms with Crippen molar-refractivity contribution in [2.45, 2.75) is 19.9 Å². The summed E-state index contributed by atoms with van der Waals surface area (Å²) in [5.41, 5.74) is 1.23. The van der Waals surface area contributed by atoms with Crippen LogP contribution in [-0.2, 0) is 11.3 Å². The fourth-order valence-corrected chi connectivity index (χ4v) is 1.88. The Bertz CT molecular complexity index is 462. The van der Waals surface area contributed by atoms with Crippen LogP contribution < -0.4 is 5.32 Å². The molecule has 0 unspecified atom stereocenters. The van der Waals surface area contributed by atoms with Crippen LogP contribution in [0.4, 0.5) is 0 Å². The average Bonchev–Trinajstić information content (AvgIpc) is 2.47. The number of guanidine groups is 1. The number of hydrogen-bond donors (Lipinski definition) is 1. The van der Waals surface area contributed by atoms with Gasteiger partial charge in [0, 0.05) is 40.7 Å². The number of carbonyl (C=O) groups excluding carboxylic acids is 1. The highest BCUT2D eigenvalue weighted by Crippen LogP contribution is 2.03. The zero-order chi connectivity index (χ0) is 15.7. The van der Waals surface area contributed by atoms with Gasteiger partial charge < -0.3 is 15.1 Å². The summed E-state index contributed by atoms with van der Waals surface area (Å²) in [5, 5.41) is 3.26. The summed E-state index contributed by atoms with van der Waals surface area (Å²) in [6.07, 6.45) is 0.432. The second-order valence-electron chi connectivity index (χ2n) is 5.12. The van der Waals surface area contributed by atoms with E-state index in [0.717, 1.165) is 19.0 Å². The molecule has 0 aliphatic heterocycles. The first-order chi connectivity index (χ1) is 10.0. The number of aliphatic imine (C=N–C) groups is 1. The first-order valence-corrected chi connectivity index (χ1v) is 7.28. The summed E-state index contributed by atoms with van der Waals surface area (Å²) in [6.45, 7) is 4.13. The fraction of sp³-hybridized carbons (Fsp3) is 0.500. The maximum Gasteiger partial charge on any atom is 0.223 e. The Hall–Kier alpha value is -1.31. The van der Waals surface area contributed by atoms with Gasteiger partial charge in [-0.1, -0.05) is 30.3 Å². The molecule has 0 saturated carbocycles. The second-order valence-corrected chi connectivity index (χ2v) is 5.12. The van der Waals surface area contributed by atoms with Crippen molar-refractivity contribution < 1.29 is 4.79 Å². The van der Waals surface area contributed by atoms with E-state index in [-0.39, 0.29) is 29.9 Å². The molecule has 0 fully saturated rings. The molecule has 22 heavy (non-hydrogen) atoms. The van der Waals surface area contributed by atoms with Crippen LogP contribution in [0.2, 0.25) is 0 Å². The number of benzene rings is 1. The van der Waals surface area contributed by atoms with Crippen molar-refractivity contribution >= 4 is 35.8 Å². The number of halogens is 1. The van der Waals surface area contributed by atoms with Crippen molar-refractivity contribution in [2.75, 3.05) is 34.2 Å². The zero-order valence-electron chi connectivity index (χ0n) is 13.9. The molecule has 1 amide bonds. The minimum absolute atomic E-state index is 0. The number of hydrogen-bond acceptors (Lipinski definition) is 2. The molecule has 124 valence electrons. The van der Waals surface area contributed by atoms with Gasteiger partial charge in [0.15, 0.2) is 5.96 Å². The van der Waals surface area contributed by atoms with E-state index in [0.29, 0.717) is 13.0 Å². The minimum atomic E-state index is 0. The Morgan fingerprint density at radius 3 is 2.36 bits per heavy atom. The third-order valence-electron chi connectivity index (χ3n) is 3.05. The van der Waals surface area contributed by atoms with E-state index in [4.69, 9.17) is 0 Å². The highest BCUT2D eigenvalue weighted by atomic mass is 127. The third kappa shape index (κ3) is 7.63. The van der Waals surface area contributed by atoms with Crippen LogP contribution in [0.15, 0.2) is 35.3 Å². The first kappa shape index (κ1) is 20.7. The van der Waals surface area contributed by atoms with Gasteiger partial charge in [0.05, 0.1) is 6.54 Å². The molecule has 5 nitrogen and oxygen atoms in total. The lowest BCUT2D eigenvalue weighted by molar-refractivity contribution is -0.128. The fourth-order valence-electron chi connectivity index (χ4n) is 1.88. The summed E-state index contributed by atoms with van der Waals surface area (Å²) in [7, 11) is 5.53. The van der Waals surface area contributed by atoms with E-state index in [2.05, 4.69) is 27.3 Å². The smallest absolute Gasteiger partial charge is 0.223 e. The first-order valence-electron chi connectivity index (χ1n) is 7.28. The quantitative estimate of drug-likeness (QED) is 0.438. The molecule has 0 heterocycles. The van der Waals surface area contributed by atoms with Crippen LogP contribution >= 0.6 is 24.0 Å². The molecule has 0 aliphatic rings. The number of carbonyl (C=O) groups is 1. The van der Waals surface area contributed by atoms with Gasteiger partial charge in [-0.15, -0.1) is 24.0 Å². The van der Waals surface area contributed by atoms with E-state index < -0.39 is 0 Å². The molecule has 1 N–H and O–H groups in total. The Morgan fingerprint density at radius 1 is 1.18 bits per heavy atom. The maximum atomic E-state index is 11.6. The predicted octanol–water partition coefficient (Wildman–Crippen LogP) is 2.18. The van der Waals surface area contributed by atoms with Gasteiger partial charge in [-0.2, -0.15) is 0 Å². The summed E-state index contributed by atoms with van der Waals surface area (Å²) < 4.78 is 0. The Balaban J connectivity index is 0.00000441. The molecular formula is C16H27IN4O. The monoisotopic (exact) mass is 418 g/mol. The van der Waals surface area contributed by atoms with E-state index in [9.17, 15) is 4.79 Å². The van der Waals surface area contributed by atoms with Crippen molar-refractivity contribution in [3.05, 3.63) is 35.9 Å². The average molecular weight is 418 g/mol. The van der Waals surface area contributed by atoms with Gasteiger partial charge in [0.2, 0.25) is 5.91 Å². The number of nitrogens with zero attached hydrogens (tertiary/aromatic N) is 3. The molecule has 1 aromatic rings. The normalized spacial score (nSPS) is 10.6. The van der Waals surface area contributed by atoms with Crippen LogP contribution in [-0.4, -0.2) is 55.9 Å². The van der Waals surface area contributed by atoms with Gasteiger partial charge in [0.25, 0.3) is 0 Å². The van der Waals surface area contributed by atoms with Crippen LogP contribution in [0, 0.1) is 0 Å². The number of amides is 1. The molecule has 0 spiro atoms. The summed E-state index contributed by atoms with van der Waals surface area (Å²) in [5.74, 6) is 0.924. The van der Waals surface area contributed by atoms with Crippen molar-refractivity contribution in [2.24, 2.45) is 4.99 Å². The molecule has 0 saturated heterocycles. The number of rotatable bonds is 6. The molecule has 0 aromatic heterocycles. The lowest BCUT2D eigenvalue weighted by atomic mass is 10.2. The molecule has 1 aromatic carbocycles. The molecule has 6 heteroatoms. The van der Waals surface area contributed by atoms with Crippen molar-refractivity contribution in [3.8, 4) is 0 Å². The van der Waals surface area contributed by atoms with Crippen LogP contribution in [0.1, 0.15) is 18.9 Å². The van der Waals surface area contributed by atoms with Gasteiger partial charge in [-0.3, -0.25) is 9.79 Å². The number of nitrogens with one attached hydrogen (secondary N) is 1. The van der Waals surface area contributed by atoms with E-state index in [1.165, 1.54) is 5.56 Å². The molecule has 0 radical (unpaired) electrons. The SMILES string of the molecule is CCNC(=NCCC(=O)N(C)C)N(C)Cc1ccccc1.I. The van der Waals surface area contributed by atoms with Crippen molar-refractivity contribution in [1.29, 1.82) is 0 Å². The molecule has 1 rings (SSSR count). The van der Waals surface area contributed by atoms with Gasteiger partial charge in [0.1, 0.15) is 0 Å². The lowest BCUT2D eigenvalue weighted by Gasteiger charge is -2.22. The zero-order valence-corrected chi connectivity index (χ0v) is 16.2. The largest absolute Gasteiger partial charge is 0.357 e. The van der Waals surface area contributed by atoms with Crippen LogP contribution in [0.25, 0.3) is 0 Å². The maximum absolute atomic E-state index is 11.6. The van der Waals surface area contributed by atoms with Crippen LogP contribution in [0.5, 0.6) is 0 Å². The minimum Gasteiger partial charge on any atom is -0.357 e. The Kier molecular flexibility index (Phi) is 10.6.